The Labute approximate surface area is 136 Å². The molecule has 1 aliphatic heterocycles. The smallest absolute Gasteiger partial charge is 0.137 e. The van der Waals surface area contributed by atoms with Gasteiger partial charge in [-0.05, 0) is 85.7 Å². The number of benzene rings is 1. The molecule has 0 amide bonds. The van der Waals surface area contributed by atoms with Crippen LogP contribution in [0.1, 0.15) is 38.7 Å². The number of aryl methyl sites for hydroxylation is 1. The highest BCUT2D eigenvalue weighted by molar-refractivity contribution is 9.10. The Hall–Kier alpha value is -0.610. The summed E-state index contributed by atoms with van der Waals surface area (Å²) in [4.78, 5) is 2.57. The van der Waals surface area contributed by atoms with Crippen molar-refractivity contribution < 1.29 is 4.39 Å². The number of piperidine rings is 1. The highest BCUT2D eigenvalue weighted by Crippen LogP contribution is 2.27. The van der Waals surface area contributed by atoms with Crippen LogP contribution in [0.15, 0.2) is 16.6 Å². The maximum Gasteiger partial charge on any atom is 0.137 e. The molecule has 2 atom stereocenters. The predicted molar refractivity (Wildman–Crippen MR) is 91.4 cm³/mol. The van der Waals surface area contributed by atoms with Crippen LogP contribution in [0, 0.1) is 18.7 Å². The zero-order valence-corrected chi connectivity index (χ0v) is 14.8. The van der Waals surface area contributed by atoms with Gasteiger partial charge in [0.1, 0.15) is 5.82 Å². The molecular formula is C17H26BrFN2. The Morgan fingerprint density at radius 2 is 2.24 bits per heavy atom. The first-order valence-electron chi connectivity index (χ1n) is 7.95. The molecule has 1 fully saturated rings. The van der Waals surface area contributed by atoms with Crippen LogP contribution >= 0.6 is 15.9 Å². The Kier molecular flexibility index (Phi) is 6.06. The van der Waals surface area contributed by atoms with E-state index in [9.17, 15) is 4.39 Å². The number of likely N-dealkylation sites (tertiary alicyclic amines) is 1. The lowest BCUT2D eigenvalue weighted by molar-refractivity contribution is 0.165. The number of nitrogens with zero attached hydrogens (tertiary/aromatic N) is 1. The van der Waals surface area contributed by atoms with E-state index in [-0.39, 0.29) is 5.82 Å². The van der Waals surface area contributed by atoms with Gasteiger partial charge < -0.3 is 10.2 Å². The molecule has 2 nitrogen and oxygen atoms in total. The van der Waals surface area contributed by atoms with Crippen molar-refractivity contribution in [3.63, 3.8) is 0 Å². The number of rotatable bonds is 5. The van der Waals surface area contributed by atoms with Gasteiger partial charge in [-0.15, -0.1) is 0 Å². The molecule has 0 saturated carbocycles. The van der Waals surface area contributed by atoms with Crippen LogP contribution in [0.3, 0.4) is 0 Å². The molecule has 4 heteroatoms. The van der Waals surface area contributed by atoms with E-state index in [1.165, 1.54) is 38.9 Å². The molecule has 0 bridgehead atoms. The third-order valence-electron chi connectivity index (χ3n) is 4.44. The summed E-state index contributed by atoms with van der Waals surface area (Å²) in [5.41, 5.74) is 1.99. The first kappa shape index (κ1) is 16.8. The largest absolute Gasteiger partial charge is 0.382 e. The fourth-order valence-electron chi connectivity index (χ4n) is 3.18. The average Bonchev–Trinajstić information content (AvgIpc) is 2.45. The van der Waals surface area contributed by atoms with Crippen LogP contribution in [-0.2, 0) is 0 Å². The Balaban J connectivity index is 2.00. The van der Waals surface area contributed by atoms with Crippen LogP contribution in [0.5, 0.6) is 0 Å². The van der Waals surface area contributed by atoms with E-state index in [2.05, 4.69) is 40.0 Å². The summed E-state index contributed by atoms with van der Waals surface area (Å²) in [6.45, 7) is 10.0. The number of hydrogen-bond donors (Lipinski definition) is 1. The van der Waals surface area contributed by atoms with Gasteiger partial charge in [-0.2, -0.15) is 0 Å². The summed E-state index contributed by atoms with van der Waals surface area (Å²) >= 11 is 3.27. The van der Waals surface area contributed by atoms with Crippen LogP contribution in [0.25, 0.3) is 0 Å². The molecule has 2 rings (SSSR count). The number of halogens is 2. The quantitative estimate of drug-likeness (QED) is 0.813. The summed E-state index contributed by atoms with van der Waals surface area (Å²) in [7, 11) is 0. The standard InChI is InChI=1S/C17H26BrFN2/c1-4-7-21-8-5-6-14(11-21)13(3)20-17-10-15(18)16(19)9-12(17)2/h9-10,13-14,20H,4-8,11H2,1-3H3. The van der Waals surface area contributed by atoms with Crippen LogP contribution in [0.4, 0.5) is 10.1 Å². The first-order valence-corrected chi connectivity index (χ1v) is 8.75. The second kappa shape index (κ2) is 7.59. The molecule has 2 unspecified atom stereocenters. The molecule has 1 aromatic rings. The van der Waals surface area contributed by atoms with E-state index >= 15 is 0 Å². The van der Waals surface area contributed by atoms with E-state index in [0.717, 1.165) is 11.3 Å². The SMILES string of the molecule is CCCN1CCCC(C(C)Nc2cc(Br)c(F)cc2C)C1. The van der Waals surface area contributed by atoms with Gasteiger partial charge in [0.2, 0.25) is 0 Å². The van der Waals surface area contributed by atoms with Gasteiger partial charge in [-0.25, -0.2) is 4.39 Å². The van der Waals surface area contributed by atoms with E-state index in [0.29, 0.717) is 16.4 Å². The molecule has 0 aromatic heterocycles. The number of hydrogen-bond acceptors (Lipinski definition) is 2. The van der Waals surface area contributed by atoms with Gasteiger partial charge in [0.25, 0.3) is 0 Å². The van der Waals surface area contributed by atoms with E-state index in [1.54, 1.807) is 6.07 Å². The normalized spacial score (nSPS) is 21.3. The van der Waals surface area contributed by atoms with Crippen molar-refractivity contribution >= 4 is 21.6 Å². The molecule has 1 aliphatic rings. The Morgan fingerprint density at radius 3 is 2.95 bits per heavy atom. The predicted octanol–water partition coefficient (Wildman–Crippen LogP) is 4.82. The highest BCUT2D eigenvalue weighted by atomic mass is 79.9. The third-order valence-corrected chi connectivity index (χ3v) is 5.05. The molecular weight excluding hydrogens is 331 g/mol. The van der Waals surface area contributed by atoms with E-state index < -0.39 is 0 Å². The van der Waals surface area contributed by atoms with Crippen molar-refractivity contribution in [3.8, 4) is 0 Å². The minimum absolute atomic E-state index is 0.197. The zero-order chi connectivity index (χ0) is 15.4. The summed E-state index contributed by atoms with van der Waals surface area (Å²) in [5.74, 6) is 0.464. The first-order chi connectivity index (χ1) is 10.0. The summed E-state index contributed by atoms with van der Waals surface area (Å²) in [5, 5.41) is 3.59. The van der Waals surface area contributed by atoms with Gasteiger partial charge >= 0.3 is 0 Å². The zero-order valence-electron chi connectivity index (χ0n) is 13.3. The molecule has 1 N–H and O–H groups in total. The highest BCUT2D eigenvalue weighted by Gasteiger charge is 2.24. The third kappa shape index (κ3) is 4.43. The molecule has 1 heterocycles. The lowest BCUT2D eigenvalue weighted by Crippen LogP contribution is -2.42. The summed E-state index contributed by atoms with van der Waals surface area (Å²) < 4.78 is 14.0. The monoisotopic (exact) mass is 356 g/mol. The van der Waals surface area contributed by atoms with Crippen molar-refractivity contribution in [2.24, 2.45) is 5.92 Å². The second-order valence-corrected chi connectivity index (χ2v) is 7.07. The minimum Gasteiger partial charge on any atom is -0.382 e. The van der Waals surface area contributed by atoms with Crippen molar-refractivity contribution in [3.05, 3.63) is 28.0 Å². The van der Waals surface area contributed by atoms with E-state index in [1.807, 2.05) is 13.0 Å². The second-order valence-electron chi connectivity index (χ2n) is 6.22. The van der Waals surface area contributed by atoms with Gasteiger partial charge in [-0.3, -0.25) is 0 Å². The fraction of sp³-hybridized carbons (Fsp3) is 0.647. The summed E-state index contributed by atoms with van der Waals surface area (Å²) in [6.07, 6.45) is 3.77. The molecule has 21 heavy (non-hydrogen) atoms. The molecule has 118 valence electrons. The molecule has 0 spiro atoms. The lowest BCUT2D eigenvalue weighted by atomic mass is 9.91. The maximum absolute atomic E-state index is 13.5. The van der Waals surface area contributed by atoms with Gasteiger partial charge in [0.05, 0.1) is 4.47 Å². The van der Waals surface area contributed by atoms with Crippen LogP contribution in [-0.4, -0.2) is 30.6 Å². The average molecular weight is 357 g/mol. The van der Waals surface area contributed by atoms with Crippen LogP contribution < -0.4 is 5.32 Å². The van der Waals surface area contributed by atoms with Gasteiger partial charge in [-0.1, -0.05) is 6.92 Å². The number of nitrogens with one attached hydrogen (secondary N) is 1. The van der Waals surface area contributed by atoms with Gasteiger partial charge in [0, 0.05) is 18.3 Å². The molecule has 1 saturated heterocycles. The Bertz CT molecular complexity index is 476. The van der Waals surface area contributed by atoms with Crippen molar-refractivity contribution in [2.45, 2.75) is 46.1 Å². The van der Waals surface area contributed by atoms with Crippen LogP contribution in [0.2, 0.25) is 0 Å². The topological polar surface area (TPSA) is 15.3 Å². The van der Waals surface area contributed by atoms with Crippen molar-refractivity contribution in [1.29, 1.82) is 0 Å². The van der Waals surface area contributed by atoms with Crippen molar-refractivity contribution in [2.75, 3.05) is 25.0 Å². The summed E-state index contributed by atoms with van der Waals surface area (Å²) in [6, 6.07) is 3.85. The van der Waals surface area contributed by atoms with Gasteiger partial charge in [0.15, 0.2) is 0 Å². The maximum atomic E-state index is 13.5. The molecule has 1 aromatic carbocycles. The van der Waals surface area contributed by atoms with E-state index in [4.69, 9.17) is 0 Å². The van der Waals surface area contributed by atoms with Crippen molar-refractivity contribution in [1.82, 2.24) is 4.90 Å². The molecule has 0 radical (unpaired) electrons. The fourth-order valence-corrected chi connectivity index (χ4v) is 3.53. The Morgan fingerprint density at radius 1 is 1.48 bits per heavy atom. The number of anilines is 1. The lowest BCUT2D eigenvalue weighted by Gasteiger charge is -2.36. The molecule has 0 aliphatic carbocycles. The minimum atomic E-state index is -0.197.